The molecule has 2 N–H and O–H groups in total. The van der Waals surface area contributed by atoms with E-state index >= 15 is 0 Å². The molecular formula is C14H16ClN3O3. The van der Waals surface area contributed by atoms with E-state index in [1.165, 1.54) is 23.1 Å². The highest BCUT2D eigenvalue weighted by Gasteiger charge is 2.28. The van der Waals surface area contributed by atoms with Crippen LogP contribution < -0.4 is 5.32 Å². The Kier molecular flexibility index (Phi) is 5.17. The average molecular weight is 310 g/mol. The molecule has 0 heterocycles. The van der Waals surface area contributed by atoms with Crippen LogP contribution in [0.2, 0.25) is 5.02 Å². The Morgan fingerprint density at radius 3 is 2.52 bits per heavy atom. The number of nitrogens with zero attached hydrogens (tertiary/aromatic N) is 2. The van der Waals surface area contributed by atoms with E-state index in [-0.39, 0.29) is 10.7 Å². The summed E-state index contributed by atoms with van der Waals surface area (Å²) in [6.07, 6.45) is 0. The van der Waals surface area contributed by atoms with Crippen LogP contribution in [0.3, 0.4) is 0 Å². The van der Waals surface area contributed by atoms with Crippen LogP contribution in [-0.4, -0.2) is 34.1 Å². The van der Waals surface area contributed by atoms with Gasteiger partial charge in [-0.05, 0) is 39.0 Å². The van der Waals surface area contributed by atoms with Gasteiger partial charge in [0.25, 0.3) is 0 Å². The van der Waals surface area contributed by atoms with Crippen LogP contribution in [0.5, 0.6) is 0 Å². The van der Waals surface area contributed by atoms with E-state index in [1.54, 1.807) is 20.8 Å². The van der Waals surface area contributed by atoms with Crippen LogP contribution in [0.1, 0.15) is 26.3 Å². The highest BCUT2D eigenvalue weighted by Crippen LogP contribution is 2.24. The van der Waals surface area contributed by atoms with Crippen molar-refractivity contribution >= 4 is 29.3 Å². The Hall–Kier alpha value is -2.26. The lowest BCUT2D eigenvalue weighted by Crippen LogP contribution is -2.50. The van der Waals surface area contributed by atoms with Crippen molar-refractivity contribution in [2.75, 3.05) is 11.9 Å². The summed E-state index contributed by atoms with van der Waals surface area (Å²) in [7, 11) is 0. The number of carboxylic acids is 1. The summed E-state index contributed by atoms with van der Waals surface area (Å²) in [5.41, 5.74) is -0.0717. The second kappa shape index (κ2) is 6.46. The Bertz CT molecular complexity index is 602. The van der Waals surface area contributed by atoms with E-state index < -0.39 is 24.1 Å². The van der Waals surface area contributed by atoms with Crippen molar-refractivity contribution in [3.05, 3.63) is 28.8 Å². The van der Waals surface area contributed by atoms with Gasteiger partial charge in [-0.25, -0.2) is 4.79 Å². The molecule has 0 unspecified atom stereocenters. The zero-order valence-corrected chi connectivity index (χ0v) is 12.7. The largest absolute Gasteiger partial charge is 0.480 e. The number of aliphatic carboxylic acids is 1. The summed E-state index contributed by atoms with van der Waals surface area (Å²) in [4.78, 5) is 24.3. The van der Waals surface area contributed by atoms with Gasteiger partial charge in [-0.15, -0.1) is 0 Å². The van der Waals surface area contributed by atoms with E-state index in [2.05, 4.69) is 5.32 Å². The number of nitriles is 1. The van der Waals surface area contributed by atoms with E-state index in [1.807, 2.05) is 6.07 Å². The first kappa shape index (κ1) is 16.8. The number of hydrogen-bond donors (Lipinski definition) is 2. The lowest BCUT2D eigenvalue weighted by Gasteiger charge is -2.34. The number of benzene rings is 1. The number of nitrogens with one attached hydrogen (secondary N) is 1. The predicted molar refractivity (Wildman–Crippen MR) is 79.3 cm³/mol. The molecule has 0 saturated heterocycles. The molecule has 7 heteroatoms. The van der Waals surface area contributed by atoms with Crippen molar-refractivity contribution in [1.82, 2.24) is 4.90 Å². The van der Waals surface area contributed by atoms with Crippen LogP contribution >= 0.6 is 11.6 Å². The third-order valence-corrected chi connectivity index (χ3v) is 3.01. The van der Waals surface area contributed by atoms with Crippen molar-refractivity contribution in [3.8, 4) is 6.07 Å². The van der Waals surface area contributed by atoms with Crippen molar-refractivity contribution < 1.29 is 14.7 Å². The molecule has 21 heavy (non-hydrogen) atoms. The normalized spacial score (nSPS) is 10.6. The van der Waals surface area contributed by atoms with Crippen molar-refractivity contribution in [2.45, 2.75) is 26.3 Å². The van der Waals surface area contributed by atoms with Crippen LogP contribution in [0, 0.1) is 11.3 Å². The van der Waals surface area contributed by atoms with Gasteiger partial charge in [-0.2, -0.15) is 5.26 Å². The highest BCUT2D eigenvalue weighted by molar-refractivity contribution is 6.33. The van der Waals surface area contributed by atoms with E-state index in [0.717, 1.165) is 0 Å². The van der Waals surface area contributed by atoms with Gasteiger partial charge in [-0.1, -0.05) is 11.6 Å². The fraction of sp³-hybridized carbons (Fsp3) is 0.357. The number of hydrogen-bond acceptors (Lipinski definition) is 3. The minimum absolute atomic E-state index is 0.264. The molecule has 112 valence electrons. The maximum Gasteiger partial charge on any atom is 0.323 e. The fourth-order valence-electron chi connectivity index (χ4n) is 1.62. The van der Waals surface area contributed by atoms with Crippen molar-refractivity contribution in [2.24, 2.45) is 0 Å². The van der Waals surface area contributed by atoms with Gasteiger partial charge in [0.2, 0.25) is 0 Å². The lowest BCUT2D eigenvalue weighted by molar-refractivity contribution is -0.138. The summed E-state index contributed by atoms with van der Waals surface area (Å²) >= 11 is 5.96. The summed E-state index contributed by atoms with van der Waals surface area (Å²) in [6, 6.07) is 5.80. The molecule has 1 aromatic carbocycles. The molecule has 0 atom stereocenters. The number of halogens is 1. The van der Waals surface area contributed by atoms with Crippen molar-refractivity contribution in [1.29, 1.82) is 5.26 Å². The van der Waals surface area contributed by atoms with Gasteiger partial charge in [0.1, 0.15) is 6.54 Å². The van der Waals surface area contributed by atoms with Gasteiger partial charge in [-0.3, -0.25) is 4.79 Å². The molecule has 0 bridgehead atoms. The summed E-state index contributed by atoms with van der Waals surface area (Å²) < 4.78 is 0. The second-order valence-electron chi connectivity index (χ2n) is 5.39. The number of urea groups is 1. The topological polar surface area (TPSA) is 93.4 Å². The molecule has 0 fully saturated rings. The number of carbonyl (C=O) groups excluding carboxylic acids is 1. The summed E-state index contributed by atoms with van der Waals surface area (Å²) in [5.74, 6) is -1.11. The number of rotatable bonds is 3. The SMILES string of the molecule is CC(C)(C)N(CC(=O)O)C(=O)Nc1cc(C#N)ccc1Cl. The molecule has 0 aliphatic rings. The number of anilines is 1. The molecule has 6 nitrogen and oxygen atoms in total. The smallest absolute Gasteiger partial charge is 0.323 e. The molecule has 0 aliphatic carbocycles. The number of carboxylic acid groups (broad SMARTS) is 1. The predicted octanol–water partition coefficient (Wildman–Crippen LogP) is 2.93. The van der Waals surface area contributed by atoms with Crippen LogP contribution in [0.15, 0.2) is 18.2 Å². The molecule has 1 rings (SSSR count). The zero-order chi connectivity index (χ0) is 16.2. The van der Waals surface area contributed by atoms with Crippen LogP contribution in [-0.2, 0) is 4.79 Å². The maximum atomic E-state index is 12.3. The first-order valence-corrected chi connectivity index (χ1v) is 6.53. The summed E-state index contributed by atoms with van der Waals surface area (Å²) in [5, 5.41) is 20.6. The quantitative estimate of drug-likeness (QED) is 0.897. The second-order valence-corrected chi connectivity index (χ2v) is 5.79. The standard InChI is InChI=1S/C14H16ClN3O3/c1-14(2,3)18(8-12(19)20)13(21)17-11-6-9(7-16)4-5-10(11)15/h4-6H,8H2,1-3H3,(H,17,21)(H,19,20). The van der Waals surface area contributed by atoms with Crippen LogP contribution in [0.25, 0.3) is 0 Å². The average Bonchev–Trinajstić information content (AvgIpc) is 2.37. The Morgan fingerprint density at radius 1 is 1.43 bits per heavy atom. The van der Waals surface area contributed by atoms with E-state index in [4.69, 9.17) is 22.0 Å². The molecule has 0 spiro atoms. The first-order valence-electron chi connectivity index (χ1n) is 6.15. The maximum absolute atomic E-state index is 12.3. The molecular weight excluding hydrogens is 294 g/mol. The third-order valence-electron chi connectivity index (χ3n) is 2.69. The molecule has 2 amide bonds. The van der Waals surface area contributed by atoms with Gasteiger partial charge in [0, 0.05) is 5.54 Å². The Morgan fingerprint density at radius 2 is 2.05 bits per heavy atom. The Labute approximate surface area is 127 Å². The van der Waals surface area contributed by atoms with Gasteiger partial charge < -0.3 is 15.3 Å². The van der Waals surface area contributed by atoms with Crippen molar-refractivity contribution in [3.63, 3.8) is 0 Å². The highest BCUT2D eigenvalue weighted by atomic mass is 35.5. The number of carbonyl (C=O) groups is 2. The van der Waals surface area contributed by atoms with Crippen LogP contribution in [0.4, 0.5) is 10.5 Å². The minimum atomic E-state index is -1.11. The fourth-order valence-corrected chi connectivity index (χ4v) is 1.79. The summed E-state index contributed by atoms with van der Waals surface area (Å²) in [6.45, 7) is 4.74. The molecule has 0 radical (unpaired) electrons. The van der Waals surface area contributed by atoms with E-state index in [9.17, 15) is 9.59 Å². The molecule has 1 aromatic rings. The molecule has 0 aromatic heterocycles. The molecule has 0 saturated carbocycles. The lowest BCUT2D eigenvalue weighted by atomic mass is 10.1. The van der Waals surface area contributed by atoms with E-state index in [0.29, 0.717) is 5.56 Å². The number of amides is 2. The van der Waals surface area contributed by atoms with Gasteiger partial charge in [0.15, 0.2) is 0 Å². The monoisotopic (exact) mass is 309 g/mol. The first-order chi connectivity index (χ1) is 9.65. The molecule has 0 aliphatic heterocycles. The minimum Gasteiger partial charge on any atom is -0.480 e. The van der Waals surface area contributed by atoms with Gasteiger partial charge >= 0.3 is 12.0 Å². The Balaban J connectivity index is 3.02. The third kappa shape index (κ3) is 4.65. The zero-order valence-electron chi connectivity index (χ0n) is 12.0. The van der Waals surface area contributed by atoms with Gasteiger partial charge in [0.05, 0.1) is 22.3 Å².